The summed E-state index contributed by atoms with van der Waals surface area (Å²) in [5, 5.41) is 14.5. The van der Waals surface area contributed by atoms with Crippen LogP contribution in [-0.4, -0.2) is 37.3 Å². The maximum absolute atomic E-state index is 11.5. The number of aliphatic hydroxyl groups is 1. The lowest BCUT2D eigenvalue weighted by molar-refractivity contribution is -0.116. The number of aliphatic hydroxyl groups excluding tert-OH is 1. The quantitative estimate of drug-likeness (QED) is 0.215. The first-order chi connectivity index (χ1) is 12.8. The van der Waals surface area contributed by atoms with Crippen molar-refractivity contribution in [1.29, 1.82) is 0 Å². The molecule has 0 aliphatic heterocycles. The van der Waals surface area contributed by atoms with Crippen LogP contribution in [0.25, 0.3) is 0 Å². The fraction of sp³-hybridized carbons (Fsp3) is 0.864. The van der Waals surface area contributed by atoms with Crippen LogP contribution < -0.4 is 10.6 Å². The highest BCUT2D eigenvalue weighted by molar-refractivity contribution is 5.87. The Morgan fingerprint density at radius 1 is 0.769 bits per heavy atom. The summed E-state index contributed by atoms with van der Waals surface area (Å²) in [5.74, 6) is -0.0227. The van der Waals surface area contributed by atoms with Gasteiger partial charge in [0.25, 0.3) is 0 Å². The third-order valence-electron chi connectivity index (χ3n) is 4.63. The molecule has 0 bridgehead atoms. The van der Waals surface area contributed by atoms with E-state index >= 15 is 0 Å². The average molecular weight is 369 g/mol. The molecule has 0 heterocycles. The second-order valence-electron chi connectivity index (χ2n) is 7.20. The molecule has 4 nitrogen and oxygen atoms in total. The van der Waals surface area contributed by atoms with E-state index in [1.54, 1.807) is 6.08 Å². The summed E-state index contributed by atoms with van der Waals surface area (Å²) in [6.45, 7) is 4.27. The molecule has 0 spiro atoms. The van der Waals surface area contributed by atoms with Gasteiger partial charge in [0.2, 0.25) is 5.91 Å². The van der Waals surface area contributed by atoms with Gasteiger partial charge in [0.05, 0.1) is 6.61 Å². The van der Waals surface area contributed by atoms with Crippen molar-refractivity contribution >= 4 is 5.91 Å². The van der Waals surface area contributed by atoms with Gasteiger partial charge in [0.1, 0.15) is 0 Å². The topological polar surface area (TPSA) is 61.4 Å². The summed E-state index contributed by atoms with van der Waals surface area (Å²) in [7, 11) is 0. The molecule has 0 saturated carbocycles. The first-order valence-electron chi connectivity index (χ1n) is 11.1. The number of hydrogen-bond donors (Lipinski definition) is 3. The Morgan fingerprint density at radius 2 is 1.31 bits per heavy atom. The first kappa shape index (κ1) is 25.1. The van der Waals surface area contributed by atoms with Gasteiger partial charge in [-0.05, 0) is 18.9 Å². The normalized spacial score (nSPS) is 11.3. The molecule has 0 aliphatic carbocycles. The van der Waals surface area contributed by atoms with E-state index in [4.69, 9.17) is 5.11 Å². The van der Waals surface area contributed by atoms with E-state index in [1.165, 1.54) is 83.5 Å². The van der Waals surface area contributed by atoms with Crippen LogP contribution >= 0.6 is 0 Å². The van der Waals surface area contributed by atoms with Gasteiger partial charge < -0.3 is 15.7 Å². The van der Waals surface area contributed by atoms with Crippen molar-refractivity contribution in [1.82, 2.24) is 10.6 Å². The van der Waals surface area contributed by atoms with Crippen LogP contribution in [0.1, 0.15) is 96.8 Å². The van der Waals surface area contributed by atoms with Crippen LogP contribution in [0.4, 0.5) is 0 Å². The summed E-state index contributed by atoms with van der Waals surface area (Å²) in [4.78, 5) is 11.5. The lowest BCUT2D eigenvalue weighted by Gasteiger charge is -2.03. The predicted octanol–water partition coefficient (Wildman–Crippen LogP) is 4.72. The molecule has 0 rings (SSSR count). The molecule has 0 atom stereocenters. The van der Waals surface area contributed by atoms with Gasteiger partial charge in [-0.3, -0.25) is 4.79 Å². The fourth-order valence-electron chi connectivity index (χ4n) is 3.01. The second kappa shape index (κ2) is 22.2. The van der Waals surface area contributed by atoms with Gasteiger partial charge >= 0.3 is 0 Å². The molecule has 0 radical (unpaired) electrons. The molecular weight excluding hydrogens is 324 g/mol. The molecule has 0 aromatic rings. The Kier molecular flexibility index (Phi) is 21.4. The smallest absolute Gasteiger partial charge is 0.243 e. The van der Waals surface area contributed by atoms with Crippen molar-refractivity contribution in [3.8, 4) is 0 Å². The van der Waals surface area contributed by atoms with E-state index in [0.29, 0.717) is 19.6 Å². The van der Waals surface area contributed by atoms with E-state index < -0.39 is 0 Å². The molecule has 0 fully saturated rings. The molecule has 26 heavy (non-hydrogen) atoms. The lowest BCUT2D eigenvalue weighted by atomic mass is 10.0. The van der Waals surface area contributed by atoms with Gasteiger partial charge in [-0.1, -0.05) is 90.0 Å². The molecule has 154 valence electrons. The number of nitrogens with one attached hydrogen (secondary N) is 2. The van der Waals surface area contributed by atoms with Crippen LogP contribution in [-0.2, 0) is 4.79 Å². The number of unbranched alkanes of at least 4 members (excludes halogenated alkanes) is 13. The highest BCUT2D eigenvalue weighted by Gasteiger charge is 1.95. The molecule has 4 heteroatoms. The van der Waals surface area contributed by atoms with Crippen LogP contribution in [0.15, 0.2) is 12.2 Å². The van der Waals surface area contributed by atoms with Crippen molar-refractivity contribution in [2.45, 2.75) is 96.8 Å². The van der Waals surface area contributed by atoms with Crippen molar-refractivity contribution in [2.75, 3.05) is 26.2 Å². The Balaban J connectivity index is 3.19. The molecule has 0 aromatic heterocycles. The summed E-state index contributed by atoms with van der Waals surface area (Å²) >= 11 is 0. The maximum atomic E-state index is 11.5. The molecule has 3 N–H and O–H groups in total. The van der Waals surface area contributed by atoms with E-state index in [1.807, 2.05) is 6.08 Å². The zero-order valence-corrected chi connectivity index (χ0v) is 17.2. The third-order valence-corrected chi connectivity index (χ3v) is 4.63. The van der Waals surface area contributed by atoms with Gasteiger partial charge in [0.15, 0.2) is 0 Å². The van der Waals surface area contributed by atoms with Crippen molar-refractivity contribution < 1.29 is 9.90 Å². The highest BCUT2D eigenvalue weighted by atomic mass is 16.3. The molecule has 0 aliphatic rings. The molecule has 1 amide bonds. The van der Waals surface area contributed by atoms with Crippen LogP contribution in [0, 0.1) is 0 Å². The van der Waals surface area contributed by atoms with E-state index in [9.17, 15) is 4.79 Å². The standard InChI is InChI=1S/C22H44N2O2/c1-2-3-4-5-6-7-8-9-10-11-12-13-14-15-16-17-22(26)24-19-18-23-20-21-25/h16-17,23,25H,2-15,18-21H2,1H3,(H,24,26)/b17-16+. The maximum Gasteiger partial charge on any atom is 0.243 e. The molecule has 0 aromatic carbocycles. The predicted molar refractivity (Wildman–Crippen MR) is 112 cm³/mol. The Labute approximate surface area is 162 Å². The second-order valence-corrected chi connectivity index (χ2v) is 7.20. The number of hydrogen-bond acceptors (Lipinski definition) is 3. The van der Waals surface area contributed by atoms with Gasteiger partial charge in [-0.25, -0.2) is 0 Å². The zero-order valence-electron chi connectivity index (χ0n) is 17.2. The van der Waals surface area contributed by atoms with Crippen LogP contribution in [0.3, 0.4) is 0 Å². The number of amides is 1. The number of carbonyl (C=O) groups is 1. The van der Waals surface area contributed by atoms with Gasteiger partial charge in [0, 0.05) is 19.6 Å². The van der Waals surface area contributed by atoms with E-state index in [0.717, 1.165) is 6.42 Å². The summed E-state index contributed by atoms with van der Waals surface area (Å²) in [5.41, 5.74) is 0. The Hall–Kier alpha value is -0.870. The van der Waals surface area contributed by atoms with Crippen molar-refractivity contribution in [2.24, 2.45) is 0 Å². The van der Waals surface area contributed by atoms with Crippen LogP contribution in [0.2, 0.25) is 0 Å². The minimum absolute atomic E-state index is 0.0227. The van der Waals surface area contributed by atoms with Crippen molar-refractivity contribution in [3.05, 3.63) is 12.2 Å². The SMILES string of the molecule is CCCCCCCCCCCCCCC/C=C/C(=O)NCCNCCO. The first-order valence-corrected chi connectivity index (χ1v) is 11.1. The monoisotopic (exact) mass is 368 g/mol. The van der Waals surface area contributed by atoms with Crippen molar-refractivity contribution in [3.63, 3.8) is 0 Å². The lowest BCUT2D eigenvalue weighted by Crippen LogP contribution is -2.31. The highest BCUT2D eigenvalue weighted by Crippen LogP contribution is 2.12. The number of allylic oxidation sites excluding steroid dienone is 1. The van der Waals surface area contributed by atoms with Gasteiger partial charge in [-0.15, -0.1) is 0 Å². The number of rotatable bonds is 20. The van der Waals surface area contributed by atoms with Gasteiger partial charge in [-0.2, -0.15) is 0 Å². The van der Waals surface area contributed by atoms with E-state index in [-0.39, 0.29) is 12.5 Å². The molecular formula is C22H44N2O2. The van der Waals surface area contributed by atoms with Crippen LogP contribution in [0.5, 0.6) is 0 Å². The minimum Gasteiger partial charge on any atom is -0.395 e. The number of carbonyl (C=O) groups excluding carboxylic acids is 1. The summed E-state index contributed by atoms with van der Waals surface area (Å²) in [6.07, 6.45) is 22.4. The third kappa shape index (κ3) is 21.2. The fourth-order valence-corrected chi connectivity index (χ4v) is 3.01. The Morgan fingerprint density at radius 3 is 1.85 bits per heavy atom. The zero-order chi connectivity index (χ0) is 19.1. The largest absolute Gasteiger partial charge is 0.395 e. The summed E-state index contributed by atoms with van der Waals surface area (Å²) in [6, 6.07) is 0. The summed E-state index contributed by atoms with van der Waals surface area (Å²) < 4.78 is 0. The van der Waals surface area contributed by atoms with E-state index in [2.05, 4.69) is 17.6 Å². The average Bonchev–Trinajstić information content (AvgIpc) is 2.64. The Bertz CT molecular complexity index is 319. The molecule has 0 unspecified atom stereocenters. The minimum atomic E-state index is -0.0227. The molecule has 0 saturated heterocycles.